The summed E-state index contributed by atoms with van der Waals surface area (Å²) in [6.45, 7) is 1.55. The minimum absolute atomic E-state index is 0.0706. The smallest absolute Gasteiger partial charge is 0.322 e. The van der Waals surface area contributed by atoms with Crippen LogP contribution in [0.2, 0.25) is 0 Å². The van der Waals surface area contributed by atoms with E-state index >= 15 is 0 Å². The molecule has 1 aromatic carbocycles. The molecule has 96 valence electrons. The van der Waals surface area contributed by atoms with Crippen molar-refractivity contribution in [1.29, 1.82) is 0 Å². The molecule has 6 heteroatoms. The summed E-state index contributed by atoms with van der Waals surface area (Å²) >= 11 is 0. The molecule has 0 fully saturated rings. The Labute approximate surface area is 104 Å². The number of para-hydroxylation sites is 2. The van der Waals surface area contributed by atoms with Crippen molar-refractivity contribution in [1.82, 2.24) is 0 Å². The minimum Gasteiger partial charge on any atom is -0.480 e. The van der Waals surface area contributed by atoms with Crippen molar-refractivity contribution >= 4 is 17.6 Å². The Balaban J connectivity index is 2.32. The number of nitrogens with two attached hydrogens (primary N) is 1. The lowest BCUT2D eigenvalue weighted by Gasteiger charge is -2.33. The minimum atomic E-state index is -1.14. The fourth-order valence-corrected chi connectivity index (χ4v) is 1.82. The molecule has 18 heavy (non-hydrogen) atoms. The molecule has 0 saturated heterocycles. The number of nitrogens with zero attached hydrogens (tertiary/aromatic N) is 1. The number of benzene rings is 1. The first kappa shape index (κ1) is 12.4. The van der Waals surface area contributed by atoms with Crippen molar-refractivity contribution in [3.8, 4) is 5.75 Å². The van der Waals surface area contributed by atoms with Gasteiger partial charge in [0, 0.05) is 0 Å². The molecule has 0 radical (unpaired) electrons. The Bertz CT molecular complexity index is 489. The summed E-state index contributed by atoms with van der Waals surface area (Å²) in [6.07, 6.45) is -0.638. The second-order valence-corrected chi connectivity index (χ2v) is 4.12. The van der Waals surface area contributed by atoms with Gasteiger partial charge in [-0.15, -0.1) is 0 Å². The van der Waals surface area contributed by atoms with Gasteiger partial charge in [0.15, 0.2) is 6.10 Å². The van der Waals surface area contributed by atoms with Crippen LogP contribution in [0.3, 0.4) is 0 Å². The highest BCUT2D eigenvalue weighted by molar-refractivity contribution is 6.00. The summed E-state index contributed by atoms with van der Waals surface area (Å²) in [5.74, 6) is -0.869. The standard InChI is InChI=1S/C12H14N2O4/c1-7-11(15)14(6-8(13)12(16)17)9-4-2-3-5-10(9)18-7/h2-5,7-8H,6,13H2,1H3,(H,16,17). The van der Waals surface area contributed by atoms with E-state index in [-0.39, 0.29) is 12.5 Å². The quantitative estimate of drug-likeness (QED) is 0.800. The number of rotatable bonds is 3. The lowest BCUT2D eigenvalue weighted by atomic mass is 10.1. The maximum atomic E-state index is 12.0. The van der Waals surface area contributed by atoms with E-state index in [0.717, 1.165) is 0 Å². The molecule has 2 unspecified atom stereocenters. The van der Waals surface area contributed by atoms with Crippen molar-refractivity contribution in [2.24, 2.45) is 5.73 Å². The van der Waals surface area contributed by atoms with E-state index in [1.54, 1.807) is 31.2 Å². The number of amides is 1. The normalized spacial score (nSPS) is 20.0. The number of carbonyl (C=O) groups is 2. The Kier molecular flexibility index (Phi) is 3.20. The van der Waals surface area contributed by atoms with Crippen LogP contribution in [0.1, 0.15) is 6.92 Å². The molecule has 1 aliphatic heterocycles. The van der Waals surface area contributed by atoms with Crippen LogP contribution in [-0.2, 0) is 9.59 Å². The van der Waals surface area contributed by atoms with Crippen molar-refractivity contribution in [2.75, 3.05) is 11.4 Å². The van der Waals surface area contributed by atoms with E-state index in [4.69, 9.17) is 15.6 Å². The van der Waals surface area contributed by atoms with E-state index in [0.29, 0.717) is 11.4 Å². The summed E-state index contributed by atoms with van der Waals surface area (Å²) in [4.78, 5) is 24.1. The van der Waals surface area contributed by atoms with Crippen LogP contribution in [0.5, 0.6) is 5.75 Å². The zero-order valence-electron chi connectivity index (χ0n) is 9.87. The van der Waals surface area contributed by atoms with E-state index in [9.17, 15) is 9.59 Å². The predicted octanol–water partition coefficient (Wildman–Crippen LogP) is 0.212. The van der Waals surface area contributed by atoms with Gasteiger partial charge in [0.25, 0.3) is 5.91 Å². The summed E-state index contributed by atoms with van der Waals surface area (Å²) in [5.41, 5.74) is 6.03. The van der Waals surface area contributed by atoms with Gasteiger partial charge in [-0.2, -0.15) is 0 Å². The molecule has 1 aliphatic rings. The van der Waals surface area contributed by atoms with Gasteiger partial charge in [0.2, 0.25) is 0 Å². The van der Waals surface area contributed by atoms with E-state index in [1.807, 2.05) is 0 Å². The summed E-state index contributed by atoms with van der Waals surface area (Å²) < 4.78 is 5.44. The van der Waals surface area contributed by atoms with Gasteiger partial charge in [0.1, 0.15) is 11.8 Å². The van der Waals surface area contributed by atoms with Gasteiger partial charge in [-0.3, -0.25) is 9.59 Å². The number of anilines is 1. The predicted molar refractivity (Wildman–Crippen MR) is 64.5 cm³/mol. The molecule has 1 heterocycles. The number of carboxylic acids is 1. The molecule has 0 bridgehead atoms. The van der Waals surface area contributed by atoms with Crippen LogP contribution < -0.4 is 15.4 Å². The van der Waals surface area contributed by atoms with Gasteiger partial charge < -0.3 is 20.5 Å². The van der Waals surface area contributed by atoms with Gasteiger partial charge in [-0.05, 0) is 19.1 Å². The van der Waals surface area contributed by atoms with Crippen LogP contribution in [0.4, 0.5) is 5.69 Å². The molecular formula is C12H14N2O4. The van der Waals surface area contributed by atoms with Gasteiger partial charge in [0.05, 0.1) is 12.2 Å². The number of fused-ring (bicyclic) bond motifs is 1. The molecule has 1 aromatic rings. The third-order valence-corrected chi connectivity index (χ3v) is 2.77. The zero-order valence-corrected chi connectivity index (χ0v) is 9.87. The first-order valence-corrected chi connectivity index (χ1v) is 5.56. The monoisotopic (exact) mass is 250 g/mol. The van der Waals surface area contributed by atoms with Gasteiger partial charge >= 0.3 is 5.97 Å². The molecular weight excluding hydrogens is 236 g/mol. The fourth-order valence-electron chi connectivity index (χ4n) is 1.82. The fraction of sp³-hybridized carbons (Fsp3) is 0.333. The van der Waals surface area contributed by atoms with Crippen LogP contribution in [0, 0.1) is 0 Å². The highest BCUT2D eigenvalue weighted by atomic mass is 16.5. The van der Waals surface area contributed by atoms with Crippen molar-refractivity contribution < 1.29 is 19.4 Å². The van der Waals surface area contributed by atoms with Crippen molar-refractivity contribution in [3.63, 3.8) is 0 Å². The lowest BCUT2D eigenvalue weighted by molar-refractivity contribution is -0.138. The van der Waals surface area contributed by atoms with Crippen molar-refractivity contribution in [3.05, 3.63) is 24.3 Å². The lowest BCUT2D eigenvalue weighted by Crippen LogP contribution is -2.51. The Hall–Kier alpha value is -2.08. The number of aliphatic carboxylic acids is 1. The van der Waals surface area contributed by atoms with E-state index < -0.39 is 18.1 Å². The second-order valence-electron chi connectivity index (χ2n) is 4.12. The SMILES string of the molecule is CC1Oc2ccccc2N(CC(N)C(=O)O)C1=O. The van der Waals surface area contributed by atoms with Gasteiger partial charge in [-0.25, -0.2) is 0 Å². The van der Waals surface area contributed by atoms with E-state index in [2.05, 4.69) is 0 Å². The van der Waals surface area contributed by atoms with Crippen molar-refractivity contribution in [2.45, 2.75) is 19.1 Å². The number of carbonyl (C=O) groups excluding carboxylic acids is 1. The van der Waals surface area contributed by atoms with Crippen LogP contribution in [0.15, 0.2) is 24.3 Å². The Morgan fingerprint density at radius 2 is 2.22 bits per heavy atom. The first-order valence-electron chi connectivity index (χ1n) is 5.56. The number of ether oxygens (including phenoxy) is 1. The highest BCUT2D eigenvalue weighted by Crippen LogP contribution is 2.33. The molecule has 0 spiro atoms. The van der Waals surface area contributed by atoms with Crippen LogP contribution >= 0.6 is 0 Å². The maximum Gasteiger partial charge on any atom is 0.322 e. The molecule has 0 aliphatic carbocycles. The van der Waals surface area contributed by atoms with Gasteiger partial charge in [-0.1, -0.05) is 12.1 Å². The summed E-state index contributed by atoms with van der Waals surface area (Å²) in [5, 5.41) is 8.82. The molecule has 0 aromatic heterocycles. The number of carboxylic acid groups (broad SMARTS) is 1. The summed E-state index contributed by atoms with van der Waals surface area (Å²) in [7, 11) is 0. The molecule has 1 amide bonds. The highest BCUT2D eigenvalue weighted by Gasteiger charge is 2.33. The average molecular weight is 250 g/mol. The number of hydrogen-bond acceptors (Lipinski definition) is 4. The van der Waals surface area contributed by atoms with Crippen LogP contribution in [0.25, 0.3) is 0 Å². The molecule has 2 atom stereocenters. The number of hydrogen-bond donors (Lipinski definition) is 2. The topological polar surface area (TPSA) is 92.9 Å². The van der Waals surface area contributed by atoms with Crippen LogP contribution in [-0.4, -0.2) is 35.7 Å². The second kappa shape index (κ2) is 4.66. The molecule has 3 N–H and O–H groups in total. The zero-order chi connectivity index (χ0) is 13.3. The first-order chi connectivity index (χ1) is 8.50. The Morgan fingerprint density at radius 3 is 2.89 bits per heavy atom. The van der Waals surface area contributed by atoms with E-state index in [1.165, 1.54) is 4.90 Å². The maximum absolute atomic E-state index is 12.0. The molecule has 6 nitrogen and oxygen atoms in total. The molecule has 0 saturated carbocycles. The third kappa shape index (κ3) is 2.14. The third-order valence-electron chi connectivity index (χ3n) is 2.77. The Morgan fingerprint density at radius 1 is 1.56 bits per heavy atom. The molecule has 2 rings (SSSR count). The largest absolute Gasteiger partial charge is 0.480 e. The average Bonchev–Trinajstić information content (AvgIpc) is 2.34. The summed E-state index contributed by atoms with van der Waals surface area (Å²) in [6, 6.07) is 5.86.